The summed E-state index contributed by atoms with van der Waals surface area (Å²) >= 11 is 3.27. The molecule has 0 aromatic heterocycles. The number of carbonyl (C=O) groups excluding carboxylic acids is 1. The maximum Gasteiger partial charge on any atom is 0.243 e. The molecular formula is C15H11BrFN3O. The molecule has 6 heteroatoms. The maximum absolute atomic E-state index is 13.4. The van der Waals surface area contributed by atoms with Crippen LogP contribution in [-0.4, -0.2) is 12.5 Å². The zero-order chi connectivity index (χ0) is 15.2. The van der Waals surface area contributed by atoms with E-state index in [2.05, 4.69) is 26.6 Å². The third kappa shape index (κ3) is 4.04. The average molecular weight is 348 g/mol. The van der Waals surface area contributed by atoms with Gasteiger partial charge in [0, 0.05) is 4.47 Å². The van der Waals surface area contributed by atoms with Gasteiger partial charge in [0.2, 0.25) is 5.91 Å². The highest BCUT2D eigenvalue weighted by molar-refractivity contribution is 9.10. The molecule has 0 saturated carbocycles. The standard InChI is InChI=1S/C15H11BrFN3O/c16-11-5-6-13(10(7-11)8-18)19-9-15(21)20-14-4-2-1-3-12(14)17/h1-7,19H,9H2,(H,20,21). The normalized spacial score (nSPS) is 9.76. The molecule has 0 bridgehead atoms. The minimum atomic E-state index is -0.493. The lowest BCUT2D eigenvalue weighted by Gasteiger charge is -2.09. The van der Waals surface area contributed by atoms with E-state index in [4.69, 9.17) is 5.26 Å². The number of nitrogens with zero attached hydrogens (tertiary/aromatic N) is 1. The van der Waals surface area contributed by atoms with Crippen molar-refractivity contribution >= 4 is 33.2 Å². The van der Waals surface area contributed by atoms with Crippen LogP contribution < -0.4 is 10.6 Å². The number of amides is 1. The summed E-state index contributed by atoms with van der Waals surface area (Å²) in [6.07, 6.45) is 0. The summed E-state index contributed by atoms with van der Waals surface area (Å²) in [5, 5.41) is 14.3. The van der Waals surface area contributed by atoms with E-state index in [0.29, 0.717) is 11.3 Å². The Morgan fingerprint density at radius 1 is 1.24 bits per heavy atom. The molecule has 0 saturated heterocycles. The lowest BCUT2D eigenvalue weighted by atomic mass is 10.2. The summed E-state index contributed by atoms with van der Waals surface area (Å²) in [7, 11) is 0. The molecule has 106 valence electrons. The summed E-state index contributed by atoms with van der Waals surface area (Å²) in [6, 6.07) is 13.1. The second-order valence-corrected chi connectivity index (χ2v) is 5.10. The van der Waals surface area contributed by atoms with Gasteiger partial charge >= 0.3 is 0 Å². The first-order chi connectivity index (χ1) is 10.1. The molecule has 0 aliphatic heterocycles. The summed E-state index contributed by atoms with van der Waals surface area (Å²) in [5.41, 5.74) is 1.09. The number of nitrogens with one attached hydrogen (secondary N) is 2. The van der Waals surface area contributed by atoms with Crippen LogP contribution in [0.15, 0.2) is 46.9 Å². The SMILES string of the molecule is N#Cc1cc(Br)ccc1NCC(=O)Nc1ccccc1F. The highest BCUT2D eigenvalue weighted by Gasteiger charge is 2.08. The van der Waals surface area contributed by atoms with Crippen molar-refractivity contribution < 1.29 is 9.18 Å². The topological polar surface area (TPSA) is 64.9 Å². The Balaban J connectivity index is 1.99. The highest BCUT2D eigenvalue weighted by Crippen LogP contribution is 2.20. The fourth-order valence-electron chi connectivity index (χ4n) is 1.70. The van der Waals surface area contributed by atoms with Gasteiger partial charge in [-0.05, 0) is 30.3 Å². The molecule has 2 N–H and O–H groups in total. The number of hydrogen-bond donors (Lipinski definition) is 2. The predicted octanol–water partition coefficient (Wildman–Crippen LogP) is 3.51. The second kappa shape index (κ2) is 6.86. The van der Waals surface area contributed by atoms with Crippen LogP contribution in [0.5, 0.6) is 0 Å². The summed E-state index contributed by atoms with van der Waals surface area (Å²) in [4.78, 5) is 11.8. The third-order valence-electron chi connectivity index (χ3n) is 2.69. The third-order valence-corrected chi connectivity index (χ3v) is 3.18. The van der Waals surface area contributed by atoms with Crippen LogP contribution in [0.2, 0.25) is 0 Å². The van der Waals surface area contributed by atoms with Gasteiger partial charge in [-0.3, -0.25) is 4.79 Å². The Labute approximate surface area is 129 Å². The Kier molecular flexibility index (Phi) is 4.90. The van der Waals surface area contributed by atoms with E-state index in [9.17, 15) is 9.18 Å². The molecule has 2 aromatic carbocycles. The minimum Gasteiger partial charge on any atom is -0.375 e. The number of nitriles is 1. The molecule has 0 radical (unpaired) electrons. The number of rotatable bonds is 4. The minimum absolute atomic E-state index is 0.0648. The van der Waals surface area contributed by atoms with Gasteiger partial charge in [0.05, 0.1) is 23.5 Å². The molecule has 0 fully saturated rings. The van der Waals surface area contributed by atoms with Crippen molar-refractivity contribution in [1.29, 1.82) is 5.26 Å². The van der Waals surface area contributed by atoms with Crippen LogP contribution in [0.4, 0.5) is 15.8 Å². The van der Waals surface area contributed by atoms with E-state index in [0.717, 1.165) is 4.47 Å². The highest BCUT2D eigenvalue weighted by atomic mass is 79.9. The van der Waals surface area contributed by atoms with E-state index in [1.807, 2.05) is 6.07 Å². The van der Waals surface area contributed by atoms with Gasteiger partial charge in [0.15, 0.2) is 0 Å². The van der Waals surface area contributed by atoms with E-state index in [-0.39, 0.29) is 12.2 Å². The number of benzene rings is 2. The number of hydrogen-bond acceptors (Lipinski definition) is 3. The molecule has 2 aromatic rings. The average Bonchev–Trinajstić information content (AvgIpc) is 2.48. The molecule has 4 nitrogen and oxygen atoms in total. The number of para-hydroxylation sites is 1. The van der Waals surface area contributed by atoms with Gasteiger partial charge in [0.1, 0.15) is 11.9 Å². The summed E-state index contributed by atoms with van der Waals surface area (Å²) in [5.74, 6) is -0.890. The van der Waals surface area contributed by atoms with Gasteiger partial charge in [-0.1, -0.05) is 28.1 Å². The van der Waals surface area contributed by atoms with E-state index in [1.165, 1.54) is 12.1 Å². The van der Waals surface area contributed by atoms with Gasteiger partial charge in [-0.2, -0.15) is 5.26 Å². The molecule has 0 aliphatic rings. The monoisotopic (exact) mass is 347 g/mol. The molecule has 0 heterocycles. The van der Waals surface area contributed by atoms with Crippen molar-refractivity contribution in [2.45, 2.75) is 0 Å². The van der Waals surface area contributed by atoms with Crippen LogP contribution in [0.25, 0.3) is 0 Å². The smallest absolute Gasteiger partial charge is 0.243 e. The first-order valence-electron chi connectivity index (χ1n) is 6.08. The lowest BCUT2D eigenvalue weighted by Crippen LogP contribution is -2.22. The number of halogens is 2. The zero-order valence-corrected chi connectivity index (χ0v) is 12.4. The van der Waals surface area contributed by atoms with Crippen molar-refractivity contribution in [3.8, 4) is 6.07 Å². The number of carbonyl (C=O) groups is 1. The van der Waals surface area contributed by atoms with Crippen LogP contribution in [0.3, 0.4) is 0 Å². The summed E-state index contributed by atoms with van der Waals surface area (Å²) in [6.45, 7) is -0.0648. The van der Waals surface area contributed by atoms with Crippen LogP contribution >= 0.6 is 15.9 Å². The van der Waals surface area contributed by atoms with Crippen LogP contribution in [0, 0.1) is 17.1 Å². The Morgan fingerprint density at radius 3 is 2.71 bits per heavy atom. The largest absolute Gasteiger partial charge is 0.375 e. The Morgan fingerprint density at radius 2 is 2.00 bits per heavy atom. The van der Waals surface area contributed by atoms with Crippen molar-refractivity contribution in [1.82, 2.24) is 0 Å². The zero-order valence-electron chi connectivity index (χ0n) is 10.9. The molecule has 0 aliphatic carbocycles. The molecule has 21 heavy (non-hydrogen) atoms. The van der Waals surface area contributed by atoms with Crippen molar-refractivity contribution in [2.24, 2.45) is 0 Å². The molecular weight excluding hydrogens is 337 g/mol. The van der Waals surface area contributed by atoms with Gasteiger partial charge in [0.25, 0.3) is 0 Å². The first-order valence-corrected chi connectivity index (χ1v) is 6.87. The van der Waals surface area contributed by atoms with E-state index >= 15 is 0 Å². The van der Waals surface area contributed by atoms with E-state index in [1.54, 1.807) is 30.3 Å². The Bertz CT molecular complexity index is 712. The quantitative estimate of drug-likeness (QED) is 0.889. The molecule has 0 spiro atoms. The summed E-state index contributed by atoms with van der Waals surface area (Å²) < 4.78 is 14.2. The predicted molar refractivity (Wildman–Crippen MR) is 82.4 cm³/mol. The lowest BCUT2D eigenvalue weighted by molar-refractivity contribution is -0.114. The molecule has 1 amide bonds. The van der Waals surface area contributed by atoms with Crippen molar-refractivity contribution in [3.05, 3.63) is 58.3 Å². The van der Waals surface area contributed by atoms with Gasteiger partial charge in [-0.15, -0.1) is 0 Å². The second-order valence-electron chi connectivity index (χ2n) is 4.18. The first kappa shape index (κ1) is 15.0. The van der Waals surface area contributed by atoms with Crippen LogP contribution in [-0.2, 0) is 4.79 Å². The van der Waals surface area contributed by atoms with Gasteiger partial charge in [-0.25, -0.2) is 4.39 Å². The van der Waals surface area contributed by atoms with Gasteiger partial charge < -0.3 is 10.6 Å². The van der Waals surface area contributed by atoms with Crippen molar-refractivity contribution in [3.63, 3.8) is 0 Å². The van der Waals surface area contributed by atoms with E-state index < -0.39 is 11.7 Å². The molecule has 0 atom stereocenters. The Hall–Kier alpha value is -2.39. The van der Waals surface area contributed by atoms with Crippen molar-refractivity contribution in [2.75, 3.05) is 17.2 Å². The fourth-order valence-corrected chi connectivity index (χ4v) is 2.06. The maximum atomic E-state index is 13.4. The molecule has 0 unspecified atom stereocenters. The fraction of sp³-hybridized carbons (Fsp3) is 0.0667. The van der Waals surface area contributed by atoms with Crippen LogP contribution in [0.1, 0.15) is 5.56 Å². The molecule has 2 rings (SSSR count). The number of anilines is 2.